The molecular formula is C28H24N2O4S. The molecule has 0 aliphatic heterocycles. The van der Waals surface area contributed by atoms with Crippen LogP contribution in [-0.2, 0) is 0 Å². The SMILES string of the molecule is CCN(CC)c1ccc2c(-c3ccccc3C(=O)O)c(-c3nc4ccc(C)cc4s3)c(=O)oc2c1. The van der Waals surface area contributed by atoms with Gasteiger partial charge in [-0.05, 0) is 62.2 Å². The van der Waals surface area contributed by atoms with Crippen LogP contribution in [-0.4, -0.2) is 29.1 Å². The second kappa shape index (κ2) is 9.00. The number of benzene rings is 3. The summed E-state index contributed by atoms with van der Waals surface area (Å²) in [5, 5.41) is 11.1. The van der Waals surface area contributed by atoms with E-state index in [1.807, 2.05) is 43.3 Å². The van der Waals surface area contributed by atoms with Crippen molar-refractivity contribution in [1.29, 1.82) is 0 Å². The van der Waals surface area contributed by atoms with Crippen LogP contribution in [0.2, 0.25) is 0 Å². The highest BCUT2D eigenvalue weighted by molar-refractivity contribution is 7.21. The summed E-state index contributed by atoms with van der Waals surface area (Å²) >= 11 is 1.40. The smallest absolute Gasteiger partial charge is 0.347 e. The van der Waals surface area contributed by atoms with Crippen LogP contribution in [0.4, 0.5) is 5.69 Å². The number of hydrogen-bond donors (Lipinski definition) is 1. The lowest BCUT2D eigenvalue weighted by Gasteiger charge is -2.21. The molecule has 176 valence electrons. The second-order valence-corrected chi connectivity index (χ2v) is 9.36. The fourth-order valence-corrected chi connectivity index (χ4v) is 5.58. The fourth-order valence-electron chi connectivity index (χ4n) is 4.48. The van der Waals surface area contributed by atoms with Crippen molar-refractivity contribution >= 4 is 44.2 Å². The van der Waals surface area contributed by atoms with Gasteiger partial charge in [-0.1, -0.05) is 24.3 Å². The number of thiazole rings is 1. The van der Waals surface area contributed by atoms with E-state index in [2.05, 4.69) is 18.7 Å². The normalized spacial score (nSPS) is 11.3. The molecule has 0 aliphatic rings. The molecular weight excluding hydrogens is 460 g/mol. The topological polar surface area (TPSA) is 83.6 Å². The Balaban J connectivity index is 1.88. The number of carboxylic acid groups (broad SMARTS) is 1. The number of carbonyl (C=O) groups is 1. The van der Waals surface area contributed by atoms with Crippen LogP contribution in [0.25, 0.3) is 42.9 Å². The summed E-state index contributed by atoms with van der Waals surface area (Å²) in [4.78, 5) is 32.5. The number of nitrogens with zero attached hydrogens (tertiary/aromatic N) is 2. The molecule has 0 atom stereocenters. The molecule has 5 aromatic rings. The minimum atomic E-state index is -1.06. The first-order chi connectivity index (χ1) is 16.9. The van der Waals surface area contributed by atoms with Gasteiger partial charge in [-0.2, -0.15) is 0 Å². The van der Waals surface area contributed by atoms with Crippen molar-refractivity contribution in [1.82, 2.24) is 4.98 Å². The van der Waals surface area contributed by atoms with Gasteiger partial charge in [-0.25, -0.2) is 14.6 Å². The largest absolute Gasteiger partial charge is 0.478 e. The highest BCUT2D eigenvalue weighted by Crippen LogP contribution is 2.41. The van der Waals surface area contributed by atoms with Crippen LogP contribution in [0.15, 0.2) is 69.9 Å². The molecule has 2 aromatic heterocycles. The van der Waals surface area contributed by atoms with Gasteiger partial charge in [-0.3, -0.25) is 0 Å². The van der Waals surface area contributed by atoms with E-state index in [-0.39, 0.29) is 11.1 Å². The summed E-state index contributed by atoms with van der Waals surface area (Å²) in [6, 6.07) is 18.4. The minimum Gasteiger partial charge on any atom is -0.478 e. The Bertz CT molecular complexity index is 1650. The number of aromatic carboxylic acids is 1. The molecule has 0 radical (unpaired) electrons. The van der Waals surface area contributed by atoms with Gasteiger partial charge in [0.25, 0.3) is 0 Å². The van der Waals surface area contributed by atoms with Crippen molar-refractivity contribution in [2.24, 2.45) is 0 Å². The third kappa shape index (κ3) is 3.98. The molecule has 6 nitrogen and oxygen atoms in total. The molecule has 0 unspecified atom stereocenters. The Kier molecular flexibility index (Phi) is 5.86. The van der Waals surface area contributed by atoms with Crippen molar-refractivity contribution in [2.75, 3.05) is 18.0 Å². The molecule has 0 fully saturated rings. The van der Waals surface area contributed by atoms with Gasteiger partial charge in [0.2, 0.25) is 0 Å². The van der Waals surface area contributed by atoms with Crippen molar-refractivity contribution < 1.29 is 14.3 Å². The van der Waals surface area contributed by atoms with E-state index >= 15 is 0 Å². The average Bonchev–Trinajstić information content (AvgIpc) is 3.26. The molecule has 0 amide bonds. The summed E-state index contributed by atoms with van der Waals surface area (Å²) in [5.41, 5.74) is 4.06. The average molecular weight is 485 g/mol. The number of fused-ring (bicyclic) bond motifs is 2. The fraction of sp³-hybridized carbons (Fsp3) is 0.179. The first-order valence-electron chi connectivity index (χ1n) is 11.5. The van der Waals surface area contributed by atoms with Crippen molar-refractivity contribution in [2.45, 2.75) is 20.8 Å². The van der Waals surface area contributed by atoms with Crippen LogP contribution in [0.3, 0.4) is 0 Å². The number of hydrogen-bond acceptors (Lipinski definition) is 6. The van der Waals surface area contributed by atoms with E-state index in [1.165, 1.54) is 11.3 Å². The first kappa shape index (κ1) is 22.8. The summed E-state index contributed by atoms with van der Waals surface area (Å²) in [6.07, 6.45) is 0. The van der Waals surface area contributed by atoms with E-state index in [1.54, 1.807) is 24.3 Å². The minimum absolute atomic E-state index is 0.116. The van der Waals surface area contributed by atoms with Gasteiger partial charge >= 0.3 is 11.6 Å². The van der Waals surface area contributed by atoms with Crippen molar-refractivity contribution in [3.8, 4) is 21.7 Å². The lowest BCUT2D eigenvalue weighted by Crippen LogP contribution is -2.21. The first-order valence-corrected chi connectivity index (χ1v) is 12.3. The Morgan fingerprint density at radius 2 is 1.80 bits per heavy atom. The molecule has 0 saturated carbocycles. The van der Waals surface area contributed by atoms with Gasteiger partial charge in [0, 0.05) is 35.8 Å². The van der Waals surface area contributed by atoms with Gasteiger partial charge in [-0.15, -0.1) is 11.3 Å². The summed E-state index contributed by atoms with van der Waals surface area (Å²) < 4.78 is 6.80. The number of aromatic nitrogens is 1. The Morgan fingerprint density at radius 1 is 1.03 bits per heavy atom. The monoisotopic (exact) mass is 484 g/mol. The zero-order valence-corrected chi connectivity index (χ0v) is 20.5. The zero-order chi connectivity index (χ0) is 24.7. The maximum Gasteiger partial charge on any atom is 0.347 e. The quantitative estimate of drug-likeness (QED) is 0.274. The molecule has 5 rings (SSSR count). The van der Waals surface area contributed by atoms with Gasteiger partial charge < -0.3 is 14.4 Å². The summed E-state index contributed by atoms with van der Waals surface area (Å²) in [5.74, 6) is -1.06. The molecule has 2 heterocycles. The lowest BCUT2D eigenvalue weighted by atomic mass is 9.93. The Morgan fingerprint density at radius 3 is 2.54 bits per heavy atom. The van der Waals surface area contributed by atoms with Gasteiger partial charge in [0.05, 0.1) is 15.8 Å². The van der Waals surface area contributed by atoms with Crippen LogP contribution in [0, 0.1) is 6.92 Å². The molecule has 3 aromatic carbocycles. The van der Waals surface area contributed by atoms with Crippen molar-refractivity contribution in [3.63, 3.8) is 0 Å². The highest BCUT2D eigenvalue weighted by Gasteiger charge is 2.24. The third-order valence-corrected chi connectivity index (χ3v) is 7.24. The molecule has 0 spiro atoms. The zero-order valence-electron chi connectivity index (χ0n) is 19.7. The molecule has 0 aliphatic carbocycles. The summed E-state index contributed by atoms with van der Waals surface area (Å²) in [6.45, 7) is 7.76. The predicted octanol–water partition coefficient (Wildman–Crippen LogP) is 6.59. The van der Waals surface area contributed by atoms with E-state index in [0.29, 0.717) is 27.1 Å². The van der Waals surface area contributed by atoms with E-state index in [9.17, 15) is 14.7 Å². The van der Waals surface area contributed by atoms with Gasteiger partial charge in [0.15, 0.2) is 0 Å². The number of rotatable bonds is 6. The molecule has 7 heteroatoms. The lowest BCUT2D eigenvalue weighted by molar-refractivity contribution is 0.0697. The molecule has 35 heavy (non-hydrogen) atoms. The number of aryl methyl sites for hydroxylation is 1. The standard InChI is InChI=1S/C28H24N2O4S/c1-4-30(5-2)17-11-12-20-22(15-17)34-28(33)25(24(20)18-8-6-7-9-19(18)27(31)32)26-29-21-13-10-16(3)14-23(21)35-26/h6-15H,4-5H2,1-3H3,(H,31,32). The summed E-state index contributed by atoms with van der Waals surface area (Å²) in [7, 11) is 0. The van der Waals surface area contributed by atoms with Crippen LogP contribution >= 0.6 is 11.3 Å². The highest BCUT2D eigenvalue weighted by atomic mass is 32.1. The molecule has 1 N–H and O–H groups in total. The second-order valence-electron chi connectivity index (χ2n) is 8.33. The Labute approximate surface area is 206 Å². The van der Waals surface area contributed by atoms with Gasteiger partial charge in [0.1, 0.15) is 16.2 Å². The van der Waals surface area contributed by atoms with E-state index < -0.39 is 11.6 Å². The van der Waals surface area contributed by atoms with Crippen LogP contribution < -0.4 is 10.5 Å². The maximum atomic E-state index is 13.5. The van der Waals surface area contributed by atoms with Crippen LogP contribution in [0.5, 0.6) is 0 Å². The Hall–Kier alpha value is -3.97. The third-order valence-electron chi connectivity index (χ3n) is 6.20. The van der Waals surface area contributed by atoms with Crippen molar-refractivity contribution in [3.05, 3.63) is 82.2 Å². The number of anilines is 1. The maximum absolute atomic E-state index is 13.5. The van der Waals surface area contributed by atoms with E-state index in [0.717, 1.165) is 34.6 Å². The molecule has 0 saturated heterocycles. The van der Waals surface area contributed by atoms with Crippen LogP contribution in [0.1, 0.15) is 29.8 Å². The van der Waals surface area contributed by atoms with E-state index in [4.69, 9.17) is 9.40 Å². The predicted molar refractivity (Wildman–Crippen MR) is 142 cm³/mol. The number of carboxylic acids is 1. The molecule has 0 bridgehead atoms.